The summed E-state index contributed by atoms with van der Waals surface area (Å²) in [6, 6.07) is 2.41. The minimum atomic E-state index is -4.25. The number of halogens is 1. The third-order valence-electron chi connectivity index (χ3n) is 4.68. The van der Waals surface area contributed by atoms with Crippen molar-refractivity contribution in [2.45, 2.75) is 45.1 Å². The van der Waals surface area contributed by atoms with E-state index in [0.29, 0.717) is 29.3 Å². The molecule has 2 fully saturated rings. The molecule has 0 radical (unpaired) electrons. The van der Waals surface area contributed by atoms with E-state index in [-0.39, 0.29) is 12.5 Å². The van der Waals surface area contributed by atoms with Gasteiger partial charge in [0.2, 0.25) is 0 Å². The molecule has 1 aromatic rings. The molecule has 0 spiro atoms. The molecular formula is C18H24FN3O6S. The fourth-order valence-electron chi connectivity index (χ4n) is 3.47. The lowest BCUT2D eigenvalue weighted by Crippen LogP contribution is -2.42. The highest BCUT2D eigenvalue weighted by molar-refractivity contribution is 7.92. The summed E-state index contributed by atoms with van der Waals surface area (Å²) < 4.78 is 46.3. The normalized spacial score (nSPS) is 21.8. The van der Waals surface area contributed by atoms with Gasteiger partial charge in [-0.25, -0.2) is 18.2 Å². The lowest BCUT2D eigenvalue weighted by Gasteiger charge is -2.34. The molecule has 2 heterocycles. The monoisotopic (exact) mass is 429 g/mol. The average Bonchev–Trinajstić information content (AvgIpc) is 2.85. The standard InChI is InChI=1S/C18H24FN3O6S/c1-18(2,3)28-17(25)21-6-4-5-11(9-21)12-7-13(19)16(14(23)8-12)22-10-15(24)20-29(22,26)27/h7-8,11,23H,4-6,9-10H2,1-3H3,(H,20,24). The molecule has 2 aliphatic heterocycles. The van der Waals surface area contributed by atoms with Crippen LogP contribution in [0.4, 0.5) is 14.9 Å². The van der Waals surface area contributed by atoms with Crippen LogP contribution in [0.25, 0.3) is 0 Å². The van der Waals surface area contributed by atoms with Gasteiger partial charge in [-0.2, -0.15) is 8.42 Å². The summed E-state index contributed by atoms with van der Waals surface area (Å²) >= 11 is 0. The lowest BCUT2D eigenvalue weighted by molar-refractivity contribution is -0.117. The molecule has 2 aliphatic rings. The fourth-order valence-corrected chi connectivity index (χ4v) is 4.65. The number of nitrogens with one attached hydrogen (secondary N) is 1. The van der Waals surface area contributed by atoms with Crippen molar-refractivity contribution < 1.29 is 32.2 Å². The number of anilines is 1. The van der Waals surface area contributed by atoms with E-state index in [2.05, 4.69) is 0 Å². The van der Waals surface area contributed by atoms with E-state index in [1.165, 1.54) is 11.0 Å². The van der Waals surface area contributed by atoms with Crippen molar-refractivity contribution in [2.24, 2.45) is 0 Å². The first-order valence-corrected chi connectivity index (χ1v) is 10.6. The van der Waals surface area contributed by atoms with Gasteiger partial charge in [0.25, 0.3) is 5.91 Å². The number of aromatic hydroxyl groups is 1. The van der Waals surface area contributed by atoms with Gasteiger partial charge >= 0.3 is 16.3 Å². The number of ether oxygens (including phenoxy) is 1. The van der Waals surface area contributed by atoms with Crippen LogP contribution in [0.2, 0.25) is 0 Å². The Bertz CT molecular complexity index is 920. The zero-order valence-corrected chi connectivity index (χ0v) is 17.3. The van der Waals surface area contributed by atoms with Gasteiger partial charge in [-0.15, -0.1) is 0 Å². The number of hydrogen-bond donors (Lipinski definition) is 2. The zero-order valence-electron chi connectivity index (χ0n) is 16.4. The number of phenolic OH excluding ortho intramolecular Hbond substituents is 1. The Morgan fingerprint density at radius 1 is 1.34 bits per heavy atom. The number of carbonyl (C=O) groups is 2. The molecule has 29 heavy (non-hydrogen) atoms. The van der Waals surface area contributed by atoms with E-state index < -0.39 is 51.6 Å². The molecule has 11 heteroatoms. The number of likely N-dealkylation sites (tertiary alicyclic amines) is 1. The highest BCUT2D eigenvalue weighted by Crippen LogP contribution is 2.38. The second-order valence-corrected chi connectivity index (χ2v) is 9.77. The van der Waals surface area contributed by atoms with Crippen molar-refractivity contribution in [2.75, 3.05) is 23.9 Å². The van der Waals surface area contributed by atoms with Crippen LogP contribution in [-0.4, -0.2) is 55.7 Å². The molecule has 0 bridgehead atoms. The molecule has 9 nitrogen and oxygen atoms in total. The number of hydrogen-bond acceptors (Lipinski definition) is 6. The predicted molar refractivity (Wildman–Crippen MR) is 102 cm³/mol. The van der Waals surface area contributed by atoms with Gasteiger partial charge in [0.15, 0.2) is 5.82 Å². The molecule has 0 aliphatic carbocycles. The number of piperidine rings is 1. The maximum Gasteiger partial charge on any atom is 0.410 e. The number of benzene rings is 1. The quantitative estimate of drug-likeness (QED) is 0.741. The molecule has 0 saturated carbocycles. The molecule has 0 aromatic heterocycles. The summed E-state index contributed by atoms with van der Waals surface area (Å²) in [5.41, 5.74) is -0.775. The van der Waals surface area contributed by atoms with E-state index in [0.717, 1.165) is 6.07 Å². The van der Waals surface area contributed by atoms with Crippen molar-refractivity contribution >= 4 is 27.9 Å². The van der Waals surface area contributed by atoms with Gasteiger partial charge in [-0.05, 0) is 51.3 Å². The Morgan fingerprint density at radius 2 is 2.03 bits per heavy atom. The molecule has 1 atom stereocenters. The summed E-state index contributed by atoms with van der Waals surface area (Å²) in [6.07, 6.45) is 0.878. The summed E-state index contributed by atoms with van der Waals surface area (Å²) in [7, 11) is -4.25. The topological polar surface area (TPSA) is 116 Å². The molecule has 160 valence electrons. The Balaban J connectivity index is 1.83. The number of amides is 2. The average molecular weight is 429 g/mol. The summed E-state index contributed by atoms with van der Waals surface area (Å²) in [4.78, 5) is 25.3. The van der Waals surface area contributed by atoms with Gasteiger partial charge in [0.1, 0.15) is 23.6 Å². The van der Waals surface area contributed by atoms with E-state index in [1.807, 2.05) is 0 Å². The minimum absolute atomic E-state index is 0.249. The van der Waals surface area contributed by atoms with Crippen molar-refractivity contribution in [3.8, 4) is 5.75 Å². The third kappa shape index (κ3) is 4.55. The Labute approximate surface area is 168 Å². The third-order valence-corrected chi connectivity index (χ3v) is 6.06. The maximum atomic E-state index is 14.8. The summed E-state index contributed by atoms with van der Waals surface area (Å²) in [5, 5.41) is 10.3. The second kappa shape index (κ2) is 7.36. The smallest absolute Gasteiger partial charge is 0.410 e. The Hall–Kier alpha value is -2.56. The molecule has 2 saturated heterocycles. The van der Waals surface area contributed by atoms with Gasteiger partial charge in [0, 0.05) is 19.0 Å². The number of phenols is 1. The Morgan fingerprint density at radius 3 is 2.59 bits per heavy atom. The molecule has 1 unspecified atom stereocenters. The van der Waals surface area contributed by atoms with Crippen LogP contribution in [0.3, 0.4) is 0 Å². The molecule has 2 amide bonds. The van der Waals surface area contributed by atoms with Gasteiger partial charge in [-0.1, -0.05) is 0 Å². The van der Waals surface area contributed by atoms with Crippen LogP contribution in [0.15, 0.2) is 12.1 Å². The highest BCUT2D eigenvalue weighted by atomic mass is 32.2. The van der Waals surface area contributed by atoms with Crippen LogP contribution in [-0.2, 0) is 19.7 Å². The molecule has 2 N–H and O–H groups in total. The maximum absolute atomic E-state index is 14.8. The van der Waals surface area contributed by atoms with Gasteiger partial charge < -0.3 is 14.7 Å². The van der Waals surface area contributed by atoms with E-state index in [4.69, 9.17) is 4.74 Å². The predicted octanol–water partition coefficient (Wildman–Crippen LogP) is 1.83. The molecule has 3 rings (SSSR count). The largest absolute Gasteiger partial charge is 0.506 e. The second-order valence-electron chi connectivity index (χ2n) is 8.17. The molecule has 1 aromatic carbocycles. The van der Waals surface area contributed by atoms with Crippen molar-refractivity contribution in [1.82, 2.24) is 9.62 Å². The zero-order chi connectivity index (χ0) is 21.6. The Kier molecular flexibility index (Phi) is 5.37. The first kappa shape index (κ1) is 21.2. The van der Waals surface area contributed by atoms with Crippen LogP contribution in [0.1, 0.15) is 45.1 Å². The van der Waals surface area contributed by atoms with E-state index in [9.17, 15) is 27.5 Å². The van der Waals surface area contributed by atoms with Crippen LogP contribution in [0, 0.1) is 5.82 Å². The SMILES string of the molecule is CC(C)(C)OC(=O)N1CCCC(c2cc(O)c(N3CC(=O)NS3(=O)=O)c(F)c2)C1. The summed E-state index contributed by atoms with van der Waals surface area (Å²) in [5.74, 6) is -2.61. The number of nitrogens with zero attached hydrogens (tertiary/aromatic N) is 2. The number of carbonyl (C=O) groups excluding carboxylic acids is 2. The van der Waals surface area contributed by atoms with Crippen molar-refractivity contribution in [1.29, 1.82) is 0 Å². The van der Waals surface area contributed by atoms with Crippen LogP contribution >= 0.6 is 0 Å². The fraction of sp³-hybridized carbons (Fsp3) is 0.556. The lowest BCUT2D eigenvalue weighted by atomic mass is 9.90. The first-order valence-electron chi connectivity index (χ1n) is 9.21. The van der Waals surface area contributed by atoms with Crippen LogP contribution < -0.4 is 9.03 Å². The van der Waals surface area contributed by atoms with Crippen molar-refractivity contribution in [3.63, 3.8) is 0 Å². The van der Waals surface area contributed by atoms with E-state index in [1.54, 1.807) is 25.5 Å². The van der Waals surface area contributed by atoms with Gasteiger partial charge in [-0.3, -0.25) is 4.79 Å². The molecular weight excluding hydrogens is 405 g/mol. The van der Waals surface area contributed by atoms with Crippen LogP contribution in [0.5, 0.6) is 5.75 Å². The van der Waals surface area contributed by atoms with Crippen molar-refractivity contribution in [3.05, 3.63) is 23.5 Å². The highest BCUT2D eigenvalue weighted by Gasteiger charge is 2.38. The minimum Gasteiger partial charge on any atom is -0.506 e. The van der Waals surface area contributed by atoms with Gasteiger partial charge in [0.05, 0.1) is 0 Å². The first-order chi connectivity index (χ1) is 13.4. The number of rotatable bonds is 2. The summed E-state index contributed by atoms with van der Waals surface area (Å²) in [6.45, 7) is 5.49. The van der Waals surface area contributed by atoms with E-state index >= 15 is 0 Å².